The van der Waals surface area contributed by atoms with Crippen molar-refractivity contribution in [2.45, 2.75) is 39.7 Å². The average Bonchev–Trinajstić information content (AvgIpc) is 3.29. The van der Waals surface area contributed by atoms with Gasteiger partial charge in [-0.2, -0.15) is 0 Å². The van der Waals surface area contributed by atoms with Crippen molar-refractivity contribution in [3.63, 3.8) is 0 Å². The van der Waals surface area contributed by atoms with Gasteiger partial charge in [0, 0.05) is 30.9 Å². The summed E-state index contributed by atoms with van der Waals surface area (Å²) in [6.45, 7) is 6.85. The maximum atomic E-state index is 12.7. The normalized spacial score (nSPS) is 15.1. The number of nitrogens with one attached hydrogen (secondary N) is 2. The van der Waals surface area contributed by atoms with Gasteiger partial charge in [-0.1, -0.05) is 56.3 Å². The summed E-state index contributed by atoms with van der Waals surface area (Å²) < 4.78 is 5.60. The monoisotopic (exact) mass is 499 g/mol. The van der Waals surface area contributed by atoms with E-state index < -0.39 is 5.92 Å². The number of carbonyl (C=O) groups is 3. The summed E-state index contributed by atoms with van der Waals surface area (Å²) in [5.41, 5.74) is 4.71. The quantitative estimate of drug-likeness (QED) is 0.443. The van der Waals surface area contributed by atoms with Gasteiger partial charge in [0.2, 0.25) is 11.8 Å². The topological polar surface area (TPSA) is 87.7 Å². The molecule has 3 amide bonds. The van der Waals surface area contributed by atoms with E-state index in [1.165, 1.54) is 5.56 Å². The maximum absolute atomic E-state index is 12.7. The zero-order valence-corrected chi connectivity index (χ0v) is 21.5. The third-order valence-corrected chi connectivity index (χ3v) is 6.55. The largest absolute Gasteiger partial charge is 0.484 e. The summed E-state index contributed by atoms with van der Waals surface area (Å²) >= 11 is 0. The molecule has 192 valence electrons. The Balaban J connectivity index is 1.26. The van der Waals surface area contributed by atoms with Crippen LogP contribution < -0.4 is 20.3 Å². The van der Waals surface area contributed by atoms with Crippen molar-refractivity contribution in [3.05, 3.63) is 89.5 Å². The van der Waals surface area contributed by atoms with Crippen LogP contribution >= 0.6 is 0 Å². The molecule has 3 aromatic rings. The highest BCUT2D eigenvalue weighted by Crippen LogP contribution is 2.27. The Bertz CT molecular complexity index is 1250. The molecule has 0 unspecified atom stereocenters. The highest BCUT2D eigenvalue weighted by molar-refractivity contribution is 6.00. The standard InChI is InChI=1S/C30H33N3O4/c1-20(2)23-10-8-22(9-11-23)17-31-30(36)24-16-29(35)33(18-24)25-12-14-26(15-13-25)37-19-28(34)32-27-7-5-4-6-21(27)3/h4-15,20,24H,16-19H2,1-3H3,(H,31,36)(H,32,34)/t24-/m0/s1. The van der Waals surface area contributed by atoms with Gasteiger partial charge in [-0.25, -0.2) is 0 Å². The molecule has 0 bridgehead atoms. The lowest BCUT2D eigenvalue weighted by atomic mass is 10.0. The van der Waals surface area contributed by atoms with E-state index in [9.17, 15) is 14.4 Å². The van der Waals surface area contributed by atoms with Crippen LogP contribution in [-0.4, -0.2) is 30.9 Å². The first-order chi connectivity index (χ1) is 17.8. The SMILES string of the molecule is Cc1ccccc1NC(=O)COc1ccc(N2C[C@@H](C(=O)NCc3ccc(C(C)C)cc3)CC2=O)cc1. The molecule has 3 aromatic carbocycles. The fourth-order valence-corrected chi connectivity index (χ4v) is 4.26. The minimum absolute atomic E-state index is 0.0901. The molecule has 2 N–H and O–H groups in total. The van der Waals surface area contributed by atoms with Crippen LogP contribution in [0.15, 0.2) is 72.8 Å². The van der Waals surface area contributed by atoms with E-state index in [2.05, 4.69) is 36.6 Å². The van der Waals surface area contributed by atoms with E-state index in [1.54, 1.807) is 29.2 Å². The number of hydrogen-bond acceptors (Lipinski definition) is 4. The first-order valence-electron chi connectivity index (χ1n) is 12.6. The van der Waals surface area contributed by atoms with Gasteiger partial charge >= 0.3 is 0 Å². The Morgan fingerprint density at radius 2 is 1.70 bits per heavy atom. The summed E-state index contributed by atoms with van der Waals surface area (Å²) in [7, 11) is 0. The molecule has 7 nitrogen and oxygen atoms in total. The van der Waals surface area contributed by atoms with Gasteiger partial charge in [-0.15, -0.1) is 0 Å². The number of carbonyl (C=O) groups excluding carboxylic acids is 3. The van der Waals surface area contributed by atoms with Crippen molar-refractivity contribution in [1.82, 2.24) is 5.32 Å². The second kappa shape index (κ2) is 11.7. The first kappa shape index (κ1) is 25.9. The van der Waals surface area contributed by atoms with Crippen molar-refractivity contribution in [3.8, 4) is 5.75 Å². The lowest BCUT2D eigenvalue weighted by Gasteiger charge is -2.17. The van der Waals surface area contributed by atoms with Gasteiger partial charge in [-0.05, 0) is 59.9 Å². The summed E-state index contributed by atoms with van der Waals surface area (Å²) in [6, 6.07) is 22.7. The Morgan fingerprint density at radius 3 is 2.38 bits per heavy atom. The second-order valence-corrected chi connectivity index (χ2v) is 9.67. The van der Waals surface area contributed by atoms with Crippen molar-refractivity contribution in [2.24, 2.45) is 5.92 Å². The van der Waals surface area contributed by atoms with Gasteiger partial charge in [0.05, 0.1) is 5.92 Å². The van der Waals surface area contributed by atoms with Crippen LogP contribution in [0.3, 0.4) is 0 Å². The zero-order chi connectivity index (χ0) is 26.4. The predicted octanol–water partition coefficient (Wildman–Crippen LogP) is 4.81. The molecule has 0 aromatic heterocycles. The highest BCUT2D eigenvalue weighted by atomic mass is 16.5. The van der Waals surface area contributed by atoms with Crippen LogP contribution in [0.2, 0.25) is 0 Å². The second-order valence-electron chi connectivity index (χ2n) is 9.67. The van der Waals surface area contributed by atoms with Crippen molar-refractivity contribution >= 4 is 29.1 Å². The third-order valence-electron chi connectivity index (χ3n) is 6.55. The third kappa shape index (κ3) is 6.76. The van der Waals surface area contributed by atoms with Crippen LogP contribution in [-0.2, 0) is 20.9 Å². The lowest BCUT2D eigenvalue weighted by Crippen LogP contribution is -2.32. The van der Waals surface area contributed by atoms with E-state index in [-0.39, 0.29) is 30.7 Å². The summed E-state index contributed by atoms with van der Waals surface area (Å²) in [4.78, 5) is 39.2. The number of anilines is 2. The Kier molecular flexibility index (Phi) is 8.23. The van der Waals surface area contributed by atoms with Gasteiger partial charge in [-0.3, -0.25) is 14.4 Å². The van der Waals surface area contributed by atoms with Crippen LogP contribution in [0.4, 0.5) is 11.4 Å². The number of para-hydroxylation sites is 1. The summed E-state index contributed by atoms with van der Waals surface area (Å²) in [5.74, 6) is 0.119. The molecule has 0 spiro atoms. The number of rotatable bonds is 9. The van der Waals surface area contributed by atoms with Gasteiger partial charge < -0.3 is 20.3 Å². The fourth-order valence-electron chi connectivity index (χ4n) is 4.26. The molecule has 0 aliphatic carbocycles. The van der Waals surface area contributed by atoms with E-state index in [4.69, 9.17) is 4.74 Å². The summed E-state index contributed by atoms with van der Waals surface area (Å²) in [5, 5.41) is 5.79. The number of hydrogen-bond donors (Lipinski definition) is 2. The molecule has 1 heterocycles. The minimum Gasteiger partial charge on any atom is -0.484 e. The Morgan fingerprint density at radius 1 is 1.00 bits per heavy atom. The van der Waals surface area contributed by atoms with Crippen LogP contribution in [0.5, 0.6) is 5.75 Å². The molecule has 1 saturated heterocycles. The Hall–Kier alpha value is -4.13. The number of nitrogens with zero attached hydrogens (tertiary/aromatic N) is 1. The molecular formula is C30H33N3O4. The average molecular weight is 500 g/mol. The van der Waals surface area contributed by atoms with Gasteiger partial charge in [0.25, 0.3) is 5.91 Å². The number of benzene rings is 3. The molecule has 0 saturated carbocycles. The maximum Gasteiger partial charge on any atom is 0.262 e. The van der Waals surface area contributed by atoms with Gasteiger partial charge in [0.15, 0.2) is 6.61 Å². The van der Waals surface area contributed by atoms with Crippen LogP contribution in [0, 0.1) is 12.8 Å². The highest BCUT2D eigenvalue weighted by Gasteiger charge is 2.35. The number of aryl methyl sites for hydroxylation is 1. The minimum atomic E-state index is -0.400. The Labute approximate surface area is 217 Å². The van der Waals surface area contributed by atoms with E-state index in [0.717, 1.165) is 16.8 Å². The molecule has 1 fully saturated rings. The van der Waals surface area contributed by atoms with Crippen molar-refractivity contribution in [1.29, 1.82) is 0 Å². The molecule has 7 heteroatoms. The molecule has 37 heavy (non-hydrogen) atoms. The van der Waals surface area contributed by atoms with E-state index in [1.807, 2.05) is 43.3 Å². The van der Waals surface area contributed by atoms with E-state index in [0.29, 0.717) is 30.4 Å². The molecule has 0 radical (unpaired) electrons. The van der Waals surface area contributed by atoms with Crippen molar-refractivity contribution in [2.75, 3.05) is 23.4 Å². The molecule has 1 aliphatic heterocycles. The summed E-state index contributed by atoms with van der Waals surface area (Å²) in [6.07, 6.45) is 0.176. The number of amides is 3. The lowest BCUT2D eigenvalue weighted by molar-refractivity contribution is -0.126. The zero-order valence-electron chi connectivity index (χ0n) is 21.5. The molecule has 4 rings (SSSR count). The molecule has 1 atom stereocenters. The number of ether oxygens (including phenoxy) is 1. The van der Waals surface area contributed by atoms with Crippen molar-refractivity contribution < 1.29 is 19.1 Å². The van der Waals surface area contributed by atoms with Crippen LogP contribution in [0.1, 0.15) is 42.9 Å². The first-order valence-corrected chi connectivity index (χ1v) is 12.6. The smallest absolute Gasteiger partial charge is 0.262 e. The molecular weight excluding hydrogens is 466 g/mol. The van der Waals surface area contributed by atoms with Gasteiger partial charge in [0.1, 0.15) is 5.75 Å². The van der Waals surface area contributed by atoms with E-state index >= 15 is 0 Å². The fraction of sp³-hybridized carbons (Fsp3) is 0.300. The van der Waals surface area contributed by atoms with Crippen LogP contribution in [0.25, 0.3) is 0 Å². The predicted molar refractivity (Wildman–Crippen MR) is 145 cm³/mol. The molecule has 1 aliphatic rings.